The van der Waals surface area contributed by atoms with Crippen molar-refractivity contribution in [1.82, 2.24) is 29.1 Å². The summed E-state index contributed by atoms with van der Waals surface area (Å²) in [5.41, 5.74) is 9.39. The third kappa shape index (κ3) is 5.98. The highest BCUT2D eigenvalue weighted by atomic mass is 35.5. The van der Waals surface area contributed by atoms with E-state index in [0.29, 0.717) is 80.7 Å². The first-order valence-electron chi connectivity index (χ1n) is 14.7. The van der Waals surface area contributed by atoms with Crippen LogP contribution in [0, 0.1) is 12.7 Å². The Morgan fingerprint density at radius 2 is 1.89 bits per heavy atom. The van der Waals surface area contributed by atoms with E-state index in [1.165, 1.54) is 13.2 Å². The maximum absolute atomic E-state index is 14.6. The van der Waals surface area contributed by atoms with Crippen molar-refractivity contribution in [2.24, 2.45) is 5.73 Å². The second-order valence-electron chi connectivity index (χ2n) is 10.9. The average Bonchev–Trinajstić information content (AvgIpc) is 3.50. The lowest BCUT2D eigenvalue weighted by atomic mass is 10.1. The number of anilines is 2. The van der Waals surface area contributed by atoms with Crippen molar-refractivity contribution in [3.05, 3.63) is 70.9 Å². The van der Waals surface area contributed by atoms with E-state index in [4.69, 9.17) is 26.8 Å². The first-order valence-corrected chi connectivity index (χ1v) is 15.0. The number of rotatable bonds is 6. The number of aryl methyl sites for hydroxylation is 1. The number of aromatic nitrogens is 3. The molecule has 0 bridgehead atoms. The fourth-order valence-corrected chi connectivity index (χ4v) is 5.97. The van der Waals surface area contributed by atoms with Crippen molar-refractivity contribution < 1.29 is 23.5 Å². The number of hydrogen-bond donors (Lipinski definition) is 2. The molecule has 0 radical (unpaired) electrons. The molecule has 2 aromatic carbocycles. The summed E-state index contributed by atoms with van der Waals surface area (Å²) in [7, 11) is 1.38. The zero-order valence-corrected chi connectivity index (χ0v) is 25.8. The molecule has 236 valence electrons. The molecular weight excluding hydrogens is 603 g/mol. The van der Waals surface area contributed by atoms with E-state index in [-0.39, 0.29) is 28.8 Å². The number of carbonyl (C=O) groups is 2. The van der Waals surface area contributed by atoms with Crippen LogP contribution in [0.4, 0.5) is 20.7 Å². The molecule has 0 aliphatic carbocycles. The third-order valence-electron chi connectivity index (χ3n) is 8.20. The largest absolute Gasteiger partial charge is 0.494 e. The Morgan fingerprint density at radius 1 is 1.11 bits per heavy atom. The van der Waals surface area contributed by atoms with Crippen LogP contribution in [-0.2, 0) is 4.74 Å². The minimum atomic E-state index is -0.645. The van der Waals surface area contributed by atoms with Crippen molar-refractivity contribution >= 4 is 40.7 Å². The van der Waals surface area contributed by atoms with Crippen LogP contribution < -0.4 is 15.8 Å². The molecule has 0 saturated carbocycles. The van der Waals surface area contributed by atoms with Gasteiger partial charge < -0.3 is 35.2 Å². The van der Waals surface area contributed by atoms with Gasteiger partial charge in [-0.2, -0.15) is 0 Å². The van der Waals surface area contributed by atoms with Crippen LogP contribution in [0.5, 0.6) is 5.75 Å². The van der Waals surface area contributed by atoms with E-state index in [9.17, 15) is 14.0 Å². The molecule has 1 atom stereocenters. The molecule has 14 heteroatoms. The fraction of sp³-hybridized carbons (Fsp3) is 0.355. The molecule has 12 nitrogen and oxygen atoms in total. The van der Waals surface area contributed by atoms with E-state index in [0.717, 1.165) is 11.3 Å². The molecule has 6 rings (SSSR count). The highest BCUT2D eigenvalue weighted by Gasteiger charge is 2.31. The van der Waals surface area contributed by atoms with Gasteiger partial charge in [-0.25, -0.2) is 19.2 Å². The van der Waals surface area contributed by atoms with Gasteiger partial charge in [-0.3, -0.25) is 9.20 Å². The fourth-order valence-electron chi connectivity index (χ4n) is 5.72. The predicted molar refractivity (Wildman–Crippen MR) is 168 cm³/mol. The van der Waals surface area contributed by atoms with Crippen LogP contribution in [0.2, 0.25) is 5.02 Å². The van der Waals surface area contributed by atoms with Gasteiger partial charge in [-0.1, -0.05) is 11.6 Å². The topological polar surface area (TPSA) is 131 Å². The maximum atomic E-state index is 14.6. The van der Waals surface area contributed by atoms with Gasteiger partial charge in [0.1, 0.15) is 0 Å². The van der Waals surface area contributed by atoms with Crippen LogP contribution in [0.3, 0.4) is 0 Å². The summed E-state index contributed by atoms with van der Waals surface area (Å²) in [6.07, 6.45) is 4.79. The molecule has 3 N–H and O–H groups in total. The number of ether oxygens (including phenoxy) is 2. The number of fused-ring (bicyclic) bond motifs is 1. The molecule has 2 aliphatic heterocycles. The number of piperazine rings is 1. The summed E-state index contributed by atoms with van der Waals surface area (Å²) in [6, 6.07) is 8.64. The summed E-state index contributed by atoms with van der Waals surface area (Å²) in [5.74, 6) is -0.191. The minimum Gasteiger partial charge on any atom is -0.494 e. The quantitative estimate of drug-likeness (QED) is 0.327. The van der Waals surface area contributed by atoms with E-state index >= 15 is 0 Å². The number of urea groups is 1. The zero-order valence-electron chi connectivity index (χ0n) is 25.0. The lowest BCUT2D eigenvalue weighted by Gasteiger charge is -2.40. The lowest BCUT2D eigenvalue weighted by molar-refractivity contribution is -0.0157. The van der Waals surface area contributed by atoms with Gasteiger partial charge in [0, 0.05) is 75.0 Å². The van der Waals surface area contributed by atoms with Gasteiger partial charge in [0.2, 0.25) is 0 Å². The maximum Gasteiger partial charge on any atom is 0.320 e. The van der Waals surface area contributed by atoms with Crippen molar-refractivity contribution in [1.29, 1.82) is 0 Å². The number of carbonyl (C=O) groups excluding carboxylic acids is 2. The summed E-state index contributed by atoms with van der Waals surface area (Å²) < 4.78 is 27.0. The number of hydrogen-bond acceptors (Lipinski definition) is 8. The number of nitrogens with two attached hydrogens (primary N) is 1. The summed E-state index contributed by atoms with van der Waals surface area (Å²) in [5, 5.41) is 3.22. The standard InChI is InChI=1S/C31H34ClFN8O4/c1-19-15-20(37-28-29-36-17-24(41(29)8-7-35-28)23-5-6-25(44-2)27(33)26(23)32)3-4-22(19)30(42)38-9-11-39(12-10-38)31(43)40-13-14-45-21(16-34)18-40/h3-8,15,17,21H,9-14,16,18,34H2,1-2H3,(H,35,37)/t21-/m1/s1. The van der Waals surface area contributed by atoms with Crippen LogP contribution in [0.15, 0.2) is 48.9 Å². The van der Waals surface area contributed by atoms with E-state index in [1.807, 2.05) is 19.1 Å². The number of amides is 3. The SMILES string of the molecule is COc1ccc(-c2cnc3c(Nc4ccc(C(=O)N5CCN(C(=O)N6CCO[C@H](CN)C6)CC5)c(C)c4)nccn23)c(Cl)c1F. The van der Waals surface area contributed by atoms with Crippen LogP contribution in [-0.4, -0.2) is 107 Å². The Morgan fingerprint density at radius 3 is 2.62 bits per heavy atom. The van der Waals surface area contributed by atoms with E-state index < -0.39 is 5.82 Å². The molecule has 4 heterocycles. The number of imidazole rings is 1. The molecule has 0 spiro atoms. The van der Waals surface area contributed by atoms with Crippen molar-refractivity contribution in [3.63, 3.8) is 0 Å². The van der Waals surface area contributed by atoms with Gasteiger partial charge >= 0.3 is 6.03 Å². The summed E-state index contributed by atoms with van der Waals surface area (Å²) in [4.78, 5) is 40.8. The zero-order chi connectivity index (χ0) is 31.7. The molecule has 2 saturated heterocycles. The van der Waals surface area contributed by atoms with Crippen LogP contribution >= 0.6 is 11.6 Å². The van der Waals surface area contributed by atoms with Gasteiger partial charge in [-0.15, -0.1) is 0 Å². The molecule has 2 aliphatic rings. The first-order chi connectivity index (χ1) is 21.8. The smallest absolute Gasteiger partial charge is 0.320 e. The molecule has 2 fully saturated rings. The summed E-state index contributed by atoms with van der Waals surface area (Å²) in [6.45, 7) is 5.58. The Bertz CT molecular complexity index is 1740. The van der Waals surface area contributed by atoms with Gasteiger partial charge in [-0.05, 0) is 42.8 Å². The molecule has 2 aromatic heterocycles. The molecule has 45 heavy (non-hydrogen) atoms. The second-order valence-corrected chi connectivity index (χ2v) is 11.3. The third-order valence-corrected chi connectivity index (χ3v) is 8.57. The molecular formula is C31H34ClFN8O4. The van der Waals surface area contributed by atoms with Gasteiger partial charge in [0.25, 0.3) is 5.91 Å². The monoisotopic (exact) mass is 636 g/mol. The van der Waals surface area contributed by atoms with E-state index in [1.54, 1.807) is 49.8 Å². The number of morpholine rings is 1. The van der Waals surface area contributed by atoms with E-state index in [2.05, 4.69) is 15.3 Å². The predicted octanol–water partition coefficient (Wildman–Crippen LogP) is 3.79. The number of nitrogens with zero attached hydrogens (tertiary/aromatic N) is 6. The number of nitrogens with one attached hydrogen (secondary N) is 1. The van der Waals surface area contributed by atoms with Crippen molar-refractivity contribution in [2.45, 2.75) is 13.0 Å². The lowest BCUT2D eigenvalue weighted by Crippen LogP contribution is -2.57. The molecule has 4 aromatic rings. The van der Waals surface area contributed by atoms with Crippen LogP contribution in [0.1, 0.15) is 15.9 Å². The first kappa shape index (κ1) is 30.6. The summed E-state index contributed by atoms with van der Waals surface area (Å²) >= 11 is 6.33. The molecule has 3 amide bonds. The normalized spacial score (nSPS) is 17.1. The van der Waals surface area contributed by atoms with Gasteiger partial charge in [0.05, 0.1) is 36.7 Å². The Kier molecular flexibility index (Phi) is 8.74. The van der Waals surface area contributed by atoms with Gasteiger partial charge in [0.15, 0.2) is 23.0 Å². The highest BCUT2D eigenvalue weighted by molar-refractivity contribution is 6.33. The highest BCUT2D eigenvalue weighted by Crippen LogP contribution is 2.35. The Labute approximate surface area is 264 Å². The second kappa shape index (κ2) is 12.9. The Hall–Kier alpha value is -4.46. The number of methoxy groups -OCH3 is 1. The van der Waals surface area contributed by atoms with Crippen molar-refractivity contribution in [2.75, 3.05) is 64.8 Å². The Balaban J connectivity index is 1.13. The van der Waals surface area contributed by atoms with Crippen molar-refractivity contribution in [3.8, 4) is 17.0 Å². The number of benzene rings is 2. The van der Waals surface area contributed by atoms with Crippen LogP contribution in [0.25, 0.3) is 16.9 Å². The minimum absolute atomic E-state index is 0.0389. The number of halogens is 2. The molecule has 0 unspecified atom stereocenters. The average molecular weight is 637 g/mol.